The summed E-state index contributed by atoms with van der Waals surface area (Å²) in [6, 6.07) is 15.0. The highest BCUT2D eigenvalue weighted by molar-refractivity contribution is 7.09. The lowest BCUT2D eigenvalue weighted by Crippen LogP contribution is -2.21. The summed E-state index contributed by atoms with van der Waals surface area (Å²) in [5, 5.41) is 7.89. The van der Waals surface area contributed by atoms with Crippen LogP contribution >= 0.6 is 11.3 Å². The van der Waals surface area contributed by atoms with Gasteiger partial charge in [-0.25, -0.2) is 14.1 Å². The third-order valence-corrected chi connectivity index (χ3v) is 5.99. The molecule has 1 unspecified atom stereocenters. The van der Waals surface area contributed by atoms with Crippen molar-refractivity contribution >= 4 is 11.3 Å². The molecule has 2 aromatic carbocycles. The van der Waals surface area contributed by atoms with Crippen molar-refractivity contribution in [3.63, 3.8) is 0 Å². The Kier molecular flexibility index (Phi) is 5.56. The van der Waals surface area contributed by atoms with E-state index in [-0.39, 0.29) is 11.9 Å². The summed E-state index contributed by atoms with van der Waals surface area (Å²) in [6.07, 6.45) is 3.87. The van der Waals surface area contributed by atoms with Gasteiger partial charge >= 0.3 is 0 Å². The molecular formula is C23H23FN4S. The highest BCUT2D eigenvalue weighted by Gasteiger charge is 2.19. The first-order valence-electron chi connectivity index (χ1n) is 9.52. The second-order valence-corrected chi connectivity index (χ2v) is 8.18. The van der Waals surface area contributed by atoms with Crippen LogP contribution in [0.1, 0.15) is 29.1 Å². The molecule has 4 nitrogen and oxygen atoms in total. The molecule has 29 heavy (non-hydrogen) atoms. The molecule has 1 atom stereocenters. The summed E-state index contributed by atoms with van der Waals surface area (Å²) in [5.74, 6) is -0.261. The number of halogens is 1. The van der Waals surface area contributed by atoms with E-state index >= 15 is 0 Å². The normalized spacial score (nSPS) is 12.4. The summed E-state index contributed by atoms with van der Waals surface area (Å²) in [5.41, 5.74) is 4.78. The number of nitrogens with zero attached hydrogens (tertiary/aromatic N) is 4. The molecule has 0 saturated carbocycles. The van der Waals surface area contributed by atoms with Gasteiger partial charge in [0, 0.05) is 35.4 Å². The van der Waals surface area contributed by atoms with Gasteiger partial charge in [0.05, 0.1) is 17.4 Å². The predicted octanol–water partition coefficient (Wildman–Crippen LogP) is 5.64. The van der Waals surface area contributed by atoms with Crippen LogP contribution in [-0.2, 0) is 6.54 Å². The average molecular weight is 407 g/mol. The van der Waals surface area contributed by atoms with E-state index in [1.165, 1.54) is 17.7 Å². The van der Waals surface area contributed by atoms with Crippen molar-refractivity contribution in [2.24, 2.45) is 0 Å². The van der Waals surface area contributed by atoms with Crippen LogP contribution in [0, 0.1) is 12.7 Å². The van der Waals surface area contributed by atoms with Crippen molar-refractivity contribution in [1.82, 2.24) is 19.7 Å². The molecule has 0 aliphatic carbocycles. The molecular weight excluding hydrogens is 383 g/mol. The molecule has 0 amide bonds. The van der Waals surface area contributed by atoms with Crippen LogP contribution < -0.4 is 0 Å². The monoisotopic (exact) mass is 406 g/mol. The fraction of sp³-hybridized carbons (Fsp3) is 0.217. The first kappa shape index (κ1) is 19.5. The Bertz CT molecular complexity index is 1100. The third-order valence-electron chi connectivity index (χ3n) is 5.04. The first-order chi connectivity index (χ1) is 14.0. The number of aryl methyl sites for hydroxylation is 1. The van der Waals surface area contributed by atoms with Crippen LogP contribution in [0.25, 0.3) is 16.9 Å². The Labute approximate surface area is 174 Å². The zero-order valence-electron chi connectivity index (χ0n) is 16.7. The van der Waals surface area contributed by atoms with Gasteiger partial charge in [-0.15, -0.1) is 11.3 Å². The summed E-state index contributed by atoms with van der Waals surface area (Å²) in [4.78, 5) is 6.68. The topological polar surface area (TPSA) is 34.0 Å². The number of thiazole rings is 1. The lowest BCUT2D eigenvalue weighted by molar-refractivity contribution is 0.253. The van der Waals surface area contributed by atoms with Crippen molar-refractivity contribution in [3.8, 4) is 16.9 Å². The number of benzene rings is 2. The lowest BCUT2D eigenvalue weighted by Gasteiger charge is -2.22. The first-order valence-corrected chi connectivity index (χ1v) is 10.4. The second kappa shape index (κ2) is 8.27. The van der Waals surface area contributed by atoms with Gasteiger partial charge < -0.3 is 0 Å². The van der Waals surface area contributed by atoms with Crippen molar-refractivity contribution in [1.29, 1.82) is 0 Å². The third kappa shape index (κ3) is 4.28. The van der Waals surface area contributed by atoms with Crippen LogP contribution in [0.15, 0.2) is 66.3 Å². The molecule has 4 rings (SSSR count). The fourth-order valence-electron chi connectivity index (χ4n) is 3.34. The van der Waals surface area contributed by atoms with Crippen molar-refractivity contribution < 1.29 is 4.39 Å². The number of hydrogen-bond donors (Lipinski definition) is 0. The minimum absolute atomic E-state index is 0.178. The van der Waals surface area contributed by atoms with Gasteiger partial charge in [-0.3, -0.25) is 4.90 Å². The summed E-state index contributed by atoms with van der Waals surface area (Å²) in [6.45, 7) is 4.88. The summed E-state index contributed by atoms with van der Waals surface area (Å²) in [7, 11) is 2.07. The molecule has 0 aliphatic rings. The zero-order valence-corrected chi connectivity index (χ0v) is 17.5. The van der Waals surface area contributed by atoms with E-state index in [0.717, 1.165) is 27.5 Å². The summed E-state index contributed by atoms with van der Waals surface area (Å²) >= 11 is 1.65. The molecule has 0 N–H and O–H groups in total. The molecule has 0 saturated heterocycles. The van der Waals surface area contributed by atoms with Gasteiger partial charge in [-0.1, -0.05) is 24.3 Å². The molecule has 0 aliphatic heterocycles. The highest BCUT2D eigenvalue weighted by Crippen LogP contribution is 2.28. The maximum absolute atomic E-state index is 13.9. The van der Waals surface area contributed by atoms with Crippen LogP contribution in [-0.4, -0.2) is 26.7 Å². The van der Waals surface area contributed by atoms with Gasteiger partial charge in [0.15, 0.2) is 0 Å². The van der Waals surface area contributed by atoms with E-state index in [2.05, 4.69) is 42.9 Å². The molecule has 2 heterocycles. The lowest BCUT2D eigenvalue weighted by atomic mass is 10.1. The quantitative estimate of drug-likeness (QED) is 0.416. The Morgan fingerprint density at radius 3 is 2.72 bits per heavy atom. The van der Waals surface area contributed by atoms with Gasteiger partial charge in [0.25, 0.3) is 0 Å². The van der Waals surface area contributed by atoms with Crippen LogP contribution in [0.3, 0.4) is 0 Å². The maximum atomic E-state index is 13.9. The molecule has 4 aromatic rings. The average Bonchev–Trinajstić information content (AvgIpc) is 3.38. The molecule has 0 fully saturated rings. The van der Waals surface area contributed by atoms with E-state index < -0.39 is 0 Å². The number of rotatable bonds is 6. The fourth-order valence-corrected chi connectivity index (χ4v) is 4.10. The standard InChI is InChI=1S/C23H23FN4S/c1-16-6-4-9-21(12-16)28-15-19(14-27(3)17(2)23-25-10-11-29-23)22(26-28)18-7-5-8-20(24)13-18/h4-13,15,17H,14H2,1-3H3. The SMILES string of the molecule is Cc1cccc(-n2cc(CN(C)C(C)c3nccs3)c(-c3cccc(F)c3)n2)c1. The molecule has 0 bridgehead atoms. The van der Waals surface area contributed by atoms with Gasteiger partial charge in [-0.05, 0) is 50.7 Å². The van der Waals surface area contributed by atoms with E-state index in [9.17, 15) is 4.39 Å². The highest BCUT2D eigenvalue weighted by atomic mass is 32.1. The van der Waals surface area contributed by atoms with E-state index in [4.69, 9.17) is 5.10 Å². The molecule has 148 valence electrons. The van der Waals surface area contributed by atoms with Crippen LogP contribution in [0.2, 0.25) is 0 Å². The van der Waals surface area contributed by atoms with Crippen molar-refractivity contribution in [2.45, 2.75) is 26.4 Å². The minimum atomic E-state index is -0.261. The largest absolute Gasteiger partial charge is 0.293 e. The molecule has 2 aromatic heterocycles. The van der Waals surface area contributed by atoms with Gasteiger partial charge in [-0.2, -0.15) is 5.10 Å². The van der Waals surface area contributed by atoms with E-state index in [1.54, 1.807) is 17.4 Å². The molecule has 6 heteroatoms. The Morgan fingerprint density at radius 2 is 2.00 bits per heavy atom. The smallest absolute Gasteiger partial charge is 0.123 e. The van der Waals surface area contributed by atoms with E-state index in [0.29, 0.717) is 6.54 Å². The molecule has 0 spiro atoms. The van der Waals surface area contributed by atoms with Crippen LogP contribution in [0.5, 0.6) is 0 Å². The van der Waals surface area contributed by atoms with Gasteiger partial charge in [0.1, 0.15) is 10.8 Å². The maximum Gasteiger partial charge on any atom is 0.123 e. The Balaban J connectivity index is 1.72. The van der Waals surface area contributed by atoms with Crippen molar-refractivity contribution in [3.05, 3.63) is 88.3 Å². The van der Waals surface area contributed by atoms with Crippen LogP contribution in [0.4, 0.5) is 4.39 Å². The Hall–Kier alpha value is -2.83. The summed E-state index contributed by atoms with van der Waals surface area (Å²) < 4.78 is 15.8. The predicted molar refractivity (Wildman–Crippen MR) is 116 cm³/mol. The number of hydrogen-bond acceptors (Lipinski definition) is 4. The number of aromatic nitrogens is 3. The molecule has 0 radical (unpaired) electrons. The minimum Gasteiger partial charge on any atom is -0.293 e. The van der Waals surface area contributed by atoms with E-state index in [1.807, 2.05) is 40.7 Å². The van der Waals surface area contributed by atoms with Crippen molar-refractivity contribution in [2.75, 3.05) is 7.05 Å². The van der Waals surface area contributed by atoms with Gasteiger partial charge in [0.2, 0.25) is 0 Å². The Morgan fingerprint density at radius 1 is 1.17 bits per heavy atom. The zero-order chi connectivity index (χ0) is 20.4. The second-order valence-electron chi connectivity index (χ2n) is 7.26.